The van der Waals surface area contributed by atoms with Gasteiger partial charge in [-0.3, -0.25) is 19.7 Å². The van der Waals surface area contributed by atoms with Crippen LogP contribution in [0, 0.1) is 10.1 Å². The van der Waals surface area contributed by atoms with Gasteiger partial charge in [0.15, 0.2) is 0 Å². The first-order chi connectivity index (χ1) is 8.71. The number of hydrogen-bond donors (Lipinski definition) is 2. The number of nitro groups is 1. The van der Waals surface area contributed by atoms with Gasteiger partial charge in [0.25, 0.3) is 5.91 Å². The summed E-state index contributed by atoms with van der Waals surface area (Å²) in [5, 5.41) is 23.1. The van der Waals surface area contributed by atoms with Gasteiger partial charge in [0.1, 0.15) is 0 Å². The number of carbonyl (C=O) groups is 2. The molecule has 0 aliphatic rings. The number of carbonyl (C=O) groups excluding carboxylic acids is 1. The predicted molar refractivity (Wildman–Crippen MR) is 69.4 cm³/mol. The number of hydrogen-bond acceptors (Lipinski definition) is 5. The van der Waals surface area contributed by atoms with Gasteiger partial charge in [-0.25, -0.2) is 0 Å². The Kier molecular flexibility index (Phi) is 4.60. The van der Waals surface area contributed by atoms with Gasteiger partial charge in [-0.05, 0) is 20.3 Å². The van der Waals surface area contributed by atoms with E-state index in [0.717, 1.165) is 11.3 Å². The first kappa shape index (κ1) is 15.1. The van der Waals surface area contributed by atoms with Gasteiger partial charge >= 0.3 is 11.0 Å². The Bertz CT molecular complexity index is 509. The molecule has 1 aromatic heterocycles. The molecule has 0 spiro atoms. The Hall–Kier alpha value is -1.96. The fourth-order valence-corrected chi connectivity index (χ4v) is 2.11. The molecule has 1 amide bonds. The minimum atomic E-state index is -0.937. The number of carboxylic acids is 1. The zero-order valence-electron chi connectivity index (χ0n) is 10.5. The number of carboxylic acid groups (broad SMARTS) is 1. The highest BCUT2D eigenvalue weighted by Gasteiger charge is 2.23. The molecule has 0 aliphatic heterocycles. The Balaban J connectivity index is 2.67. The van der Waals surface area contributed by atoms with Gasteiger partial charge in [-0.15, -0.1) is 0 Å². The van der Waals surface area contributed by atoms with Crippen LogP contribution < -0.4 is 5.32 Å². The number of nitrogens with one attached hydrogen (secondary N) is 1. The van der Waals surface area contributed by atoms with Crippen LogP contribution in [0.1, 0.15) is 37.0 Å². The van der Waals surface area contributed by atoms with Crippen molar-refractivity contribution in [3.8, 4) is 0 Å². The second-order valence-corrected chi connectivity index (χ2v) is 5.55. The Morgan fingerprint density at radius 2 is 2.16 bits per heavy atom. The van der Waals surface area contributed by atoms with Crippen molar-refractivity contribution in [1.82, 2.24) is 5.32 Å². The number of rotatable bonds is 6. The molecule has 19 heavy (non-hydrogen) atoms. The molecule has 0 saturated heterocycles. The third kappa shape index (κ3) is 4.66. The van der Waals surface area contributed by atoms with E-state index in [4.69, 9.17) is 5.11 Å². The maximum atomic E-state index is 11.9. The molecule has 0 atom stereocenters. The second kappa shape index (κ2) is 5.79. The standard InChI is InChI=1S/C11H14N2O5S/c1-11(2,4-3-9(14)15)12-10(16)7-5-8(13(17)18)19-6-7/h5-6H,3-4H2,1-2H3,(H,12,16)(H,14,15). The third-order valence-electron chi connectivity index (χ3n) is 2.44. The molecule has 0 radical (unpaired) electrons. The van der Waals surface area contributed by atoms with Crippen LogP contribution in [0.5, 0.6) is 0 Å². The van der Waals surface area contributed by atoms with E-state index in [1.54, 1.807) is 13.8 Å². The number of aliphatic carboxylic acids is 1. The average Bonchev–Trinajstić information content (AvgIpc) is 2.75. The van der Waals surface area contributed by atoms with Crippen molar-refractivity contribution in [2.75, 3.05) is 0 Å². The summed E-state index contributed by atoms with van der Waals surface area (Å²) in [4.78, 5) is 32.3. The average molecular weight is 286 g/mol. The zero-order valence-corrected chi connectivity index (χ0v) is 11.3. The Labute approximate surface area is 113 Å². The molecule has 0 unspecified atom stereocenters. The van der Waals surface area contributed by atoms with Gasteiger partial charge in [0.05, 0.1) is 10.5 Å². The molecule has 0 aromatic carbocycles. The van der Waals surface area contributed by atoms with E-state index in [0.29, 0.717) is 0 Å². The van der Waals surface area contributed by atoms with Crippen molar-refractivity contribution >= 4 is 28.2 Å². The second-order valence-electron chi connectivity index (χ2n) is 4.66. The largest absolute Gasteiger partial charge is 0.481 e. The summed E-state index contributed by atoms with van der Waals surface area (Å²) in [6.45, 7) is 3.41. The first-order valence-electron chi connectivity index (χ1n) is 5.48. The fraction of sp³-hybridized carbons (Fsp3) is 0.455. The van der Waals surface area contributed by atoms with Crippen molar-refractivity contribution in [2.24, 2.45) is 0 Å². The van der Waals surface area contributed by atoms with Crippen molar-refractivity contribution in [3.05, 3.63) is 27.1 Å². The number of nitrogens with zero attached hydrogens (tertiary/aromatic N) is 1. The molecule has 8 heteroatoms. The molecule has 1 aromatic rings. The van der Waals surface area contributed by atoms with E-state index in [1.165, 1.54) is 11.4 Å². The summed E-state index contributed by atoms with van der Waals surface area (Å²) < 4.78 is 0. The van der Waals surface area contributed by atoms with Crippen LogP contribution in [-0.2, 0) is 4.79 Å². The molecule has 0 saturated carbocycles. The van der Waals surface area contributed by atoms with Crippen molar-refractivity contribution in [1.29, 1.82) is 0 Å². The third-order valence-corrected chi connectivity index (χ3v) is 3.32. The number of amides is 1. The molecule has 104 valence electrons. The summed E-state index contributed by atoms with van der Waals surface area (Å²) in [5.74, 6) is -1.38. The topological polar surface area (TPSA) is 110 Å². The van der Waals surface area contributed by atoms with Gasteiger partial charge in [0.2, 0.25) is 0 Å². The smallest absolute Gasteiger partial charge is 0.324 e. The van der Waals surface area contributed by atoms with Gasteiger partial charge in [-0.2, -0.15) is 0 Å². The minimum absolute atomic E-state index is 0.0585. The SMILES string of the molecule is CC(C)(CCC(=O)O)NC(=O)c1csc([N+](=O)[O-])c1. The van der Waals surface area contributed by atoms with Crippen LogP contribution in [-0.4, -0.2) is 27.4 Å². The van der Waals surface area contributed by atoms with Gasteiger partial charge in [-0.1, -0.05) is 11.3 Å². The lowest BCUT2D eigenvalue weighted by molar-refractivity contribution is -0.380. The van der Waals surface area contributed by atoms with Crippen molar-refractivity contribution in [2.45, 2.75) is 32.2 Å². The maximum Gasteiger partial charge on any atom is 0.324 e. The van der Waals surface area contributed by atoms with Gasteiger partial charge < -0.3 is 10.4 Å². The minimum Gasteiger partial charge on any atom is -0.481 e. The number of thiophene rings is 1. The van der Waals surface area contributed by atoms with E-state index in [1.807, 2.05) is 0 Å². The van der Waals surface area contributed by atoms with Crippen LogP contribution in [0.25, 0.3) is 0 Å². The van der Waals surface area contributed by atoms with Gasteiger partial charge in [0, 0.05) is 23.4 Å². The summed E-state index contributed by atoms with van der Waals surface area (Å²) >= 11 is 0.876. The Morgan fingerprint density at radius 3 is 2.63 bits per heavy atom. The molecule has 0 aliphatic carbocycles. The summed E-state index contributed by atoms with van der Waals surface area (Å²) in [5.41, 5.74) is -0.480. The molecule has 7 nitrogen and oxygen atoms in total. The van der Waals surface area contributed by atoms with Crippen LogP contribution in [0.15, 0.2) is 11.4 Å². The van der Waals surface area contributed by atoms with E-state index in [2.05, 4.69) is 5.32 Å². The lowest BCUT2D eigenvalue weighted by Gasteiger charge is -2.25. The highest BCUT2D eigenvalue weighted by atomic mass is 32.1. The van der Waals surface area contributed by atoms with Crippen LogP contribution in [0.2, 0.25) is 0 Å². The van der Waals surface area contributed by atoms with E-state index >= 15 is 0 Å². The predicted octanol–water partition coefficient (Wildman–Crippen LogP) is 2.03. The molecule has 1 heterocycles. The quantitative estimate of drug-likeness (QED) is 0.614. The summed E-state index contributed by atoms with van der Waals surface area (Å²) in [6.07, 6.45) is 0.220. The van der Waals surface area contributed by atoms with E-state index in [-0.39, 0.29) is 23.4 Å². The summed E-state index contributed by atoms with van der Waals surface area (Å²) in [6, 6.07) is 1.20. The fourth-order valence-electron chi connectivity index (χ4n) is 1.40. The van der Waals surface area contributed by atoms with Crippen molar-refractivity contribution < 1.29 is 19.6 Å². The molecule has 0 bridgehead atoms. The molecule has 1 rings (SSSR count). The summed E-state index contributed by atoms with van der Waals surface area (Å²) in [7, 11) is 0. The maximum absolute atomic E-state index is 11.9. The lowest BCUT2D eigenvalue weighted by atomic mass is 9.98. The molecule has 2 N–H and O–H groups in total. The van der Waals surface area contributed by atoms with E-state index in [9.17, 15) is 19.7 Å². The highest BCUT2D eigenvalue weighted by molar-refractivity contribution is 7.13. The van der Waals surface area contributed by atoms with Crippen LogP contribution in [0.4, 0.5) is 5.00 Å². The van der Waals surface area contributed by atoms with Crippen molar-refractivity contribution in [3.63, 3.8) is 0 Å². The lowest BCUT2D eigenvalue weighted by Crippen LogP contribution is -2.43. The monoisotopic (exact) mass is 286 g/mol. The first-order valence-corrected chi connectivity index (χ1v) is 6.36. The zero-order chi connectivity index (χ0) is 14.6. The highest BCUT2D eigenvalue weighted by Crippen LogP contribution is 2.23. The van der Waals surface area contributed by atoms with Crippen LogP contribution >= 0.6 is 11.3 Å². The Morgan fingerprint density at radius 1 is 1.53 bits per heavy atom. The molecular formula is C11H14N2O5S. The molecular weight excluding hydrogens is 272 g/mol. The molecule has 0 fully saturated rings. The normalized spacial score (nSPS) is 11.1. The van der Waals surface area contributed by atoms with E-state index < -0.39 is 22.3 Å². The van der Waals surface area contributed by atoms with Crippen LogP contribution in [0.3, 0.4) is 0 Å².